The van der Waals surface area contributed by atoms with Gasteiger partial charge in [-0.25, -0.2) is 0 Å². The largest absolute Gasteiger partial charge is 0.493 e. The maximum absolute atomic E-state index is 11.9. The highest BCUT2D eigenvalue weighted by molar-refractivity contribution is 5.76. The fourth-order valence-corrected chi connectivity index (χ4v) is 2.47. The first-order chi connectivity index (χ1) is 9.79. The summed E-state index contributed by atoms with van der Waals surface area (Å²) in [6, 6.07) is 9.92. The molecule has 1 aromatic carbocycles. The summed E-state index contributed by atoms with van der Waals surface area (Å²) in [5, 5.41) is 3.02. The van der Waals surface area contributed by atoms with Gasteiger partial charge in [0.2, 0.25) is 5.91 Å². The van der Waals surface area contributed by atoms with Crippen LogP contribution in [0.15, 0.2) is 30.3 Å². The predicted octanol–water partition coefficient (Wildman–Crippen LogP) is 1.91. The lowest BCUT2D eigenvalue weighted by molar-refractivity contribution is -0.132. The summed E-state index contributed by atoms with van der Waals surface area (Å²) in [5.74, 6) is 1.75. The molecule has 0 spiro atoms. The molecule has 20 heavy (non-hydrogen) atoms. The molecule has 0 saturated carbocycles. The summed E-state index contributed by atoms with van der Waals surface area (Å²) >= 11 is 0. The van der Waals surface area contributed by atoms with Crippen molar-refractivity contribution in [2.75, 3.05) is 33.3 Å². The van der Waals surface area contributed by atoms with Crippen LogP contribution in [0.25, 0.3) is 0 Å². The molecule has 1 fully saturated rings. The van der Waals surface area contributed by atoms with Crippen LogP contribution in [0.5, 0.6) is 5.75 Å². The van der Waals surface area contributed by atoms with Gasteiger partial charge < -0.3 is 15.0 Å². The van der Waals surface area contributed by atoms with E-state index in [0.29, 0.717) is 12.3 Å². The zero-order valence-corrected chi connectivity index (χ0v) is 12.2. The van der Waals surface area contributed by atoms with Crippen molar-refractivity contribution in [3.8, 4) is 5.75 Å². The first-order valence-corrected chi connectivity index (χ1v) is 7.40. The quantitative estimate of drug-likeness (QED) is 0.863. The Kier molecular flexibility index (Phi) is 5.87. The van der Waals surface area contributed by atoms with E-state index in [9.17, 15) is 4.79 Å². The standard InChI is InChI=1S/C16H24N2O2/c1-17-10-7-16(19)18-11-8-14(9-12-18)13-20-15-5-3-2-4-6-15/h2-6,14,17H,7-13H2,1H3. The molecule has 2 rings (SSSR count). The number of likely N-dealkylation sites (tertiary alicyclic amines) is 1. The maximum Gasteiger partial charge on any atom is 0.223 e. The number of benzene rings is 1. The number of amides is 1. The van der Waals surface area contributed by atoms with E-state index in [1.165, 1.54) is 0 Å². The molecular formula is C16H24N2O2. The second-order valence-corrected chi connectivity index (χ2v) is 5.30. The molecule has 0 radical (unpaired) electrons. The van der Waals surface area contributed by atoms with Crippen LogP contribution in [0.4, 0.5) is 0 Å². The molecule has 1 N–H and O–H groups in total. The van der Waals surface area contributed by atoms with Gasteiger partial charge in [0.1, 0.15) is 5.75 Å². The second-order valence-electron chi connectivity index (χ2n) is 5.30. The number of piperidine rings is 1. The summed E-state index contributed by atoms with van der Waals surface area (Å²) in [6.45, 7) is 3.25. The van der Waals surface area contributed by atoms with Crippen LogP contribution in [0.2, 0.25) is 0 Å². The summed E-state index contributed by atoms with van der Waals surface area (Å²) < 4.78 is 5.79. The van der Waals surface area contributed by atoms with E-state index >= 15 is 0 Å². The van der Waals surface area contributed by atoms with Crippen molar-refractivity contribution in [2.24, 2.45) is 5.92 Å². The van der Waals surface area contributed by atoms with Gasteiger partial charge in [-0.15, -0.1) is 0 Å². The van der Waals surface area contributed by atoms with Crippen LogP contribution in [-0.4, -0.2) is 44.1 Å². The van der Waals surface area contributed by atoms with Gasteiger partial charge in [-0.3, -0.25) is 4.79 Å². The van der Waals surface area contributed by atoms with Gasteiger partial charge in [-0.1, -0.05) is 18.2 Å². The molecule has 0 unspecified atom stereocenters. The Balaban J connectivity index is 1.68. The topological polar surface area (TPSA) is 41.6 Å². The third-order valence-corrected chi connectivity index (χ3v) is 3.79. The van der Waals surface area contributed by atoms with E-state index in [1.54, 1.807) is 0 Å². The van der Waals surface area contributed by atoms with Gasteiger partial charge in [-0.05, 0) is 37.9 Å². The summed E-state index contributed by atoms with van der Waals surface area (Å²) in [7, 11) is 1.88. The SMILES string of the molecule is CNCCC(=O)N1CCC(COc2ccccc2)CC1. The molecule has 1 saturated heterocycles. The van der Waals surface area contributed by atoms with Gasteiger partial charge in [-0.2, -0.15) is 0 Å². The fraction of sp³-hybridized carbons (Fsp3) is 0.562. The number of hydrogen-bond donors (Lipinski definition) is 1. The first-order valence-electron chi connectivity index (χ1n) is 7.40. The maximum atomic E-state index is 11.9. The van der Waals surface area contributed by atoms with Crippen molar-refractivity contribution in [3.05, 3.63) is 30.3 Å². The average molecular weight is 276 g/mol. The normalized spacial score (nSPS) is 16.1. The monoisotopic (exact) mass is 276 g/mol. The highest BCUT2D eigenvalue weighted by atomic mass is 16.5. The zero-order valence-electron chi connectivity index (χ0n) is 12.2. The fourth-order valence-electron chi connectivity index (χ4n) is 2.47. The molecule has 1 aliphatic heterocycles. The number of nitrogens with zero attached hydrogens (tertiary/aromatic N) is 1. The van der Waals surface area contributed by atoms with Crippen LogP contribution in [0, 0.1) is 5.92 Å². The Labute approximate surface area is 121 Å². The predicted molar refractivity (Wildman–Crippen MR) is 79.8 cm³/mol. The van der Waals surface area contributed by atoms with Crippen LogP contribution < -0.4 is 10.1 Å². The molecule has 110 valence electrons. The van der Waals surface area contributed by atoms with Crippen molar-refractivity contribution < 1.29 is 9.53 Å². The van der Waals surface area contributed by atoms with Crippen molar-refractivity contribution in [3.63, 3.8) is 0 Å². The van der Waals surface area contributed by atoms with E-state index in [2.05, 4.69) is 5.32 Å². The number of nitrogens with one attached hydrogen (secondary N) is 1. The second kappa shape index (κ2) is 7.90. The van der Waals surface area contributed by atoms with Gasteiger partial charge in [0.15, 0.2) is 0 Å². The smallest absolute Gasteiger partial charge is 0.223 e. The lowest BCUT2D eigenvalue weighted by Gasteiger charge is -2.32. The summed E-state index contributed by atoms with van der Waals surface area (Å²) in [5.41, 5.74) is 0. The minimum atomic E-state index is 0.266. The van der Waals surface area contributed by atoms with Crippen molar-refractivity contribution >= 4 is 5.91 Å². The molecule has 0 aromatic heterocycles. The van der Waals surface area contributed by atoms with Gasteiger partial charge in [0.25, 0.3) is 0 Å². The highest BCUT2D eigenvalue weighted by Crippen LogP contribution is 2.19. The van der Waals surface area contributed by atoms with Crippen LogP contribution in [0.3, 0.4) is 0 Å². The Morgan fingerprint density at radius 3 is 2.65 bits per heavy atom. The molecular weight excluding hydrogens is 252 g/mol. The Morgan fingerprint density at radius 2 is 2.00 bits per heavy atom. The third-order valence-electron chi connectivity index (χ3n) is 3.79. The van der Waals surface area contributed by atoms with Gasteiger partial charge >= 0.3 is 0 Å². The van der Waals surface area contributed by atoms with Crippen LogP contribution >= 0.6 is 0 Å². The molecule has 0 bridgehead atoms. The number of carbonyl (C=O) groups is 1. The number of para-hydroxylation sites is 1. The first kappa shape index (κ1) is 14.9. The lowest BCUT2D eigenvalue weighted by atomic mass is 9.97. The molecule has 1 aromatic rings. The average Bonchev–Trinajstić information content (AvgIpc) is 2.52. The molecule has 1 aliphatic rings. The number of carbonyl (C=O) groups excluding carboxylic acids is 1. The summed E-state index contributed by atoms with van der Waals surface area (Å²) in [6.07, 6.45) is 2.68. The third kappa shape index (κ3) is 4.53. The van der Waals surface area contributed by atoms with Crippen molar-refractivity contribution in [2.45, 2.75) is 19.3 Å². The van der Waals surface area contributed by atoms with E-state index < -0.39 is 0 Å². The number of rotatable bonds is 6. The van der Waals surface area contributed by atoms with E-state index in [0.717, 1.165) is 44.8 Å². The molecule has 0 atom stereocenters. The van der Waals surface area contributed by atoms with Crippen LogP contribution in [-0.2, 0) is 4.79 Å². The van der Waals surface area contributed by atoms with Crippen molar-refractivity contribution in [1.29, 1.82) is 0 Å². The van der Waals surface area contributed by atoms with E-state index in [4.69, 9.17) is 4.74 Å². The molecule has 4 nitrogen and oxygen atoms in total. The van der Waals surface area contributed by atoms with Crippen molar-refractivity contribution in [1.82, 2.24) is 10.2 Å². The minimum Gasteiger partial charge on any atom is -0.493 e. The molecule has 1 amide bonds. The Morgan fingerprint density at radius 1 is 1.30 bits per heavy atom. The zero-order chi connectivity index (χ0) is 14.2. The summed E-state index contributed by atoms with van der Waals surface area (Å²) in [4.78, 5) is 13.9. The lowest BCUT2D eigenvalue weighted by Crippen LogP contribution is -2.40. The molecule has 0 aliphatic carbocycles. The highest BCUT2D eigenvalue weighted by Gasteiger charge is 2.22. The number of ether oxygens (including phenoxy) is 1. The Bertz CT molecular complexity index is 400. The molecule has 1 heterocycles. The van der Waals surface area contributed by atoms with Gasteiger partial charge in [0.05, 0.1) is 6.61 Å². The van der Waals surface area contributed by atoms with E-state index in [-0.39, 0.29) is 5.91 Å². The van der Waals surface area contributed by atoms with Gasteiger partial charge in [0, 0.05) is 26.1 Å². The Hall–Kier alpha value is -1.55. The van der Waals surface area contributed by atoms with Crippen LogP contribution in [0.1, 0.15) is 19.3 Å². The molecule has 4 heteroatoms. The van der Waals surface area contributed by atoms with E-state index in [1.807, 2.05) is 42.3 Å². The minimum absolute atomic E-state index is 0.266. The number of hydrogen-bond acceptors (Lipinski definition) is 3.